The summed E-state index contributed by atoms with van der Waals surface area (Å²) in [6, 6.07) is 14.1. The number of hydroxylamine groups is 1. The van der Waals surface area contributed by atoms with Gasteiger partial charge in [-0.05, 0) is 68.1 Å². The molecular formula is C28H35N5O7. The number of benzene rings is 2. The van der Waals surface area contributed by atoms with E-state index in [1.54, 1.807) is 69.3 Å². The van der Waals surface area contributed by atoms with Crippen LogP contribution in [0.1, 0.15) is 62.8 Å². The lowest BCUT2D eigenvalue weighted by atomic mass is 9.82. The lowest BCUT2D eigenvalue weighted by molar-refractivity contribution is -0.155. The molecule has 0 saturated carbocycles. The minimum Gasteiger partial charge on any atom is -0.494 e. The number of nitrogens with one attached hydrogen (secondary N) is 1. The molecule has 0 aliphatic carbocycles. The number of aliphatic imine (C=N–C) groups is 1. The average molecular weight is 554 g/mol. The Labute approximate surface area is 232 Å². The molecule has 0 unspecified atom stereocenters. The fourth-order valence-corrected chi connectivity index (χ4v) is 4.26. The fraction of sp³-hybridized carbons (Fsp3) is 0.464. The van der Waals surface area contributed by atoms with Crippen molar-refractivity contribution in [3.63, 3.8) is 0 Å². The van der Waals surface area contributed by atoms with Crippen LogP contribution in [0.3, 0.4) is 0 Å². The lowest BCUT2D eigenvalue weighted by Crippen LogP contribution is -2.48. The first kappa shape index (κ1) is 30.4. The molecule has 214 valence electrons. The second kappa shape index (κ2) is 13.8. The number of aliphatic hydroxyl groups excluding tert-OH is 1. The summed E-state index contributed by atoms with van der Waals surface area (Å²) in [5.41, 5.74) is 10.8. The Hall–Kier alpha value is -4.12. The number of carbonyl (C=O) groups is 2. The molecule has 12 heteroatoms. The van der Waals surface area contributed by atoms with E-state index in [1.807, 2.05) is 0 Å². The Morgan fingerprint density at radius 3 is 2.58 bits per heavy atom. The zero-order valence-corrected chi connectivity index (χ0v) is 23.1. The molecule has 2 aromatic carbocycles. The summed E-state index contributed by atoms with van der Waals surface area (Å²) in [7, 11) is 1.31. The summed E-state index contributed by atoms with van der Waals surface area (Å²) in [5.74, 6) is -0.325. The Morgan fingerprint density at radius 1 is 1.20 bits per heavy atom. The maximum Gasteiger partial charge on any atom is 0.306 e. The quantitative estimate of drug-likeness (QED) is 0.0931. The van der Waals surface area contributed by atoms with Gasteiger partial charge in [-0.1, -0.05) is 29.4 Å². The molecule has 0 bridgehead atoms. The standard InChI is InChI=1S/C28H35N5O7/c1-27(2,3)40-23(35)14-15-28(26(36)32-37-4)24(22-9-6-5-8-20(22)18-30-33-29)39-25(31-28)19-10-12-21(13-11-19)38-17-7-16-34/h5-6,8-13,24,34H,7,14-18H2,1-4H3,(H,32,36)/t24-,28-/m0/s1. The number of aliphatic hydroxyl groups is 1. The van der Waals surface area contributed by atoms with Crippen molar-refractivity contribution < 1.29 is 33.7 Å². The smallest absolute Gasteiger partial charge is 0.306 e. The second-order valence-corrected chi connectivity index (χ2v) is 10.1. The van der Waals surface area contributed by atoms with Crippen LogP contribution in [0.5, 0.6) is 5.75 Å². The largest absolute Gasteiger partial charge is 0.494 e. The summed E-state index contributed by atoms with van der Waals surface area (Å²) in [6.45, 7) is 5.70. The Balaban J connectivity index is 2.07. The van der Waals surface area contributed by atoms with Crippen LogP contribution in [0.15, 0.2) is 58.6 Å². The van der Waals surface area contributed by atoms with Gasteiger partial charge in [0.25, 0.3) is 5.91 Å². The molecule has 2 atom stereocenters. The van der Waals surface area contributed by atoms with E-state index in [-0.39, 0.29) is 31.9 Å². The van der Waals surface area contributed by atoms with Crippen LogP contribution >= 0.6 is 0 Å². The van der Waals surface area contributed by atoms with Gasteiger partial charge in [-0.3, -0.25) is 14.4 Å². The normalized spacial score (nSPS) is 18.2. The summed E-state index contributed by atoms with van der Waals surface area (Å²) >= 11 is 0. The lowest BCUT2D eigenvalue weighted by Gasteiger charge is -2.31. The SMILES string of the molecule is CONC(=O)[C@@]1(CCC(=O)OC(C)(C)C)N=C(c2ccc(OCCCO)cc2)O[C@H]1c1ccccc1CN=[N+]=[N-]. The van der Waals surface area contributed by atoms with Gasteiger partial charge in [0.2, 0.25) is 5.90 Å². The molecule has 2 aromatic rings. The second-order valence-electron chi connectivity index (χ2n) is 10.1. The Bertz CT molecular complexity index is 1250. The number of carbonyl (C=O) groups excluding carboxylic acids is 2. The van der Waals surface area contributed by atoms with Crippen molar-refractivity contribution in [1.82, 2.24) is 5.48 Å². The van der Waals surface area contributed by atoms with Gasteiger partial charge in [-0.25, -0.2) is 10.5 Å². The van der Waals surface area contributed by atoms with Crippen LogP contribution in [0.2, 0.25) is 0 Å². The van der Waals surface area contributed by atoms with E-state index in [9.17, 15) is 9.59 Å². The molecule has 1 aliphatic rings. The first-order valence-electron chi connectivity index (χ1n) is 12.9. The zero-order valence-electron chi connectivity index (χ0n) is 23.1. The van der Waals surface area contributed by atoms with Crippen LogP contribution in [0, 0.1) is 0 Å². The number of azide groups is 1. The van der Waals surface area contributed by atoms with Gasteiger partial charge in [0.15, 0.2) is 11.6 Å². The van der Waals surface area contributed by atoms with Gasteiger partial charge >= 0.3 is 5.97 Å². The van der Waals surface area contributed by atoms with Crippen molar-refractivity contribution in [3.05, 3.63) is 75.7 Å². The monoisotopic (exact) mass is 553 g/mol. The topological polar surface area (TPSA) is 164 Å². The van der Waals surface area contributed by atoms with Crippen molar-refractivity contribution in [2.24, 2.45) is 10.1 Å². The van der Waals surface area contributed by atoms with E-state index in [0.717, 1.165) is 0 Å². The van der Waals surface area contributed by atoms with Crippen molar-refractivity contribution in [3.8, 4) is 5.75 Å². The molecule has 1 aliphatic heterocycles. The van der Waals surface area contributed by atoms with Gasteiger partial charge in [0.1, 0.15) is 11.4 Å². The number of ether oxygens (including phenoxy) is 3. The molecular weight excluding hydrogens is 518 g/mol. The molecule has 40 heavy (non-hydrogen) atoms. The zero-order chi connectivity index (χ0) is 29.2. The third-order valence-electron chi connectivity index (χ3n) is 6.00. The number of hydrogen-bond donors (Lipinski definition) is 2. The summed E-state index contributed by atoms with van der Waals surface area (Å²) in [5, 5.41) is 12.7. The highest BCUT2D eigenvalue weighted by atomic mass is 16.6. The van der Waals surface area contributed by atoms with Crippen LogP contribution in [0.25, 0.3) is 10.4 Å². The summed E-state index contributed by atoms with van der Waals surface area (Å²) in [4.78, 5) is 39.0. The van der Waals surface area contributed by atoms with Gasteiger partial charge in [-0.15, -0.1) is 0 Å². The Kier molecular flexibility index (Phi) is 10.5. The van der Waals surface area contributed by atoms with Crippen LogP contribution in [-0.4, -0.2) is 54.3 Å². The van der Waals surface area contributed by atoms with Gasteiger partial charge < -0.3 is 19.3 Å². The third kappa shape index (κ3) is 7.72. The van der Waals surface area contributed by atoms with Crippen LogP contribution in [-0.2, 0) is 30.4 Å². The van der Waals surface area contributed by atoms with E-state index in [4.69, 9.17) is 34.7 Å². The number of hydrogen-bond acceptors (Lipinski definition) is 9. The van der Waals surface area contributed by atoms with Crippen LogP contribution in [0.4, 0.5) is 0 Å². The molecule has 0 aromatic heterocycles. The number of rotatable bonds is 13. The van der Waals surface area contributed by atoms with Crippen molar-refractivity contribution in [2.75, 3.05) is 20.3 Å². The Morgan fingerprint density at radius 2 is 1.93 bits per heavy atom. The number of esters is 1. The van der Waals surface area contributed by atoms with E-state index in [1.165, 1.54) is 7.11 Å². The molecule has 2 N–H and O–H groups in total. The highest BCUT2D eigenvalue weighted by Gasteiger charge is 2.54. The molecule has 12 nitrogen and oxygen atoms in total. The molecule has 3 rings (SSSR count). The van der Waals surface area contributed by atoms with E-state index >= 15 is 0 Å². The molecule has 1 heterocycles. The number of nitrogens with zero attached hydrogens (tertiary/aromatic N) is 4. The minimum atomic E-state index is -1.62. The van der Waals surface area contributed by atoms with E-state index < -0.39 is 29.1 Å². The summed E-state index contributed by atoms with van der Waals surface area (Å²) in [6.07, 6.45) is -0.654. The number of amides is 1. The van der Waals surface area contributed by atoms with E-state index in [2.05, 4.69) is 15.5 Å². The first-order valence-corrected chi connectivity index (χ1v) is 12.9. The van der Waals surface area contributed by atoms with Crippen molar-refractivity contribution in [2.45, 2.75) is 63.8 Å². The predicted octanol–water partition coefficient (Wildman–Crippen LogP) is 4.31. The maximum atomic E-state index is 13.7. The highest BCUT2D eigenvalue weighted by Crippen LogP contribution is 2.44. The van der Waals surface area contributed by atoms with Gasteiger partial charge in [0.05, 0.1) is 20.3 Å². The average Bonchev–Trinajstić information content (AvgIpc) is 3.31. The molecule has 0 saturated heterocycles. The molecule has 0 fully saturated rings. The van der Waals surface area contributed by atoms with E-state index in [0.29, 0.717) is 35.5 Å². The van der Waals surface area contributed by atoms with Gasteiger partial charge in [0, 0.05) is 29.9 Å². The molecule has 1 amide bonds. The highest BCUT2D eigenvalue weighted by molar-refractivity contribution is 6.01. The molecule has 0 spiro atoms. The summed E-state index contributed by atoms with van der Waals surface area (Å²) < 4.78 is 17.5. The van der Waals surface area contributed by atoms with Gasteiger partial charge in [-0.2, -0.15) is 0 Å². The first-order chi connectivity index (χ1) is 19.1. The van der Waals surface area contributed by atoms with Crippen molar-refractivity contribution >= 4 is 17.8 Å². The molecule has 0 radical (unpaired) electrons. The fourth-order valence-electron chi connectivity index (χ4n) is 4.26. The van der Waals surface area contributed by atoms with Crippen molar-refractivity contribution in [1.29, 1.82) is 0 Å². The third-order valence-corrected chi connectivity index (χ3v) is 6.00. The maximum absolute atomic E-state index is 13.7. The predicted molar refractivity (Wildman–Crippen MR) is 146 cm³/mol. The van der Waals surface area contributed by atoms with Crippen LogP contribution < -0.4 is 10.2 Å². The minimum absolute atomic E-state index is 0.0236.